The van der Waals surface area contributed by atoms with Crippen LogP contribution in [-0.2, 0) is 4.79 Å². The van der Waals surface area contributed by atoms with E-state index in [0.29, 0.717) is 17.4 Å². The third-order valence-electron chi connectivity index (χ3n) is 5.79. The van der Waals surface area contributed by atoms with E-state index in [1.807, 2.05) is 24.0 Å². The quantitative estimate of drug-likeness (QED) is 0.851. The number of fused-ring (bicyclic) bond motifs is 1. The summed E-state index contributed by atoms with van der Waals surface area (Å²) >= 11 is 0. The van der Waals surface area contributed by atoms with Crippen molar-refractivity contribution in [2.75, 3.05) is 10.2 Å². The summed E-state index contributed by atoms with van der Waals surface area (Å²) in [5.74, 6) is 0.682. The van der Waals surface area contributed by atoms with Crippen molar-refractivity contribution in [3.8, 4) is 0 Å². The summed E-state index contributed by atoms with van der Waals surface area (Å²) in [5, 5.41) is 3.45. The molecule has 0 radical (unpaired) electrons. The first-order chi connectivity index (χ1) is 13.4. The minimum absolute atomic E-state index is 0.0158. The first-order valence-electron chi connectivity index (χ1n) is 9.66. The van der Waals surface area contributed by atoms with E-state index in [2.05, 4.69) is 22.2 Å². The van der Waals surface area contributed by atoms with E-state index in [0.717, 1.165) is 29.8 Å². The molecule has 1 aromatic carbocycles. The summed E-state index contributed by atoms with van der Waals surface area (Å²) in [6, 6.07) is 7.14. The minimum atomic E-state index is -0.486. The summed E-state index contributed by atoms with van der Waals surface area (Å²) in [5.41, 5.74) is 8.52. The normalized spacial score (nSPS) is 23.8. The number of amides is 2. The molecule has 2 amide bonds. The molecule has 0 saturated heterocycles. The monoisotopic (exact) mass is 379 g/mol. The smallest absolute Gasteiger partial charge is 0.248 e. The van der Waals surface area contributed by atoms with Gasteiger partial charge in [0.15, 0.2) is 0 Å². The van der Waals surface area contributed by atoms with Gasteiger partial charge in [-0.25, -0.2) is 9.97 Å². The predicted molar refractivity (Wildman–Crippen MR) is 107 cm³/mol. The Balaban J connectivity index is 1.83. The molecule has 1 aliphatic carbocycles. The van der Waals surface area contributed by atoms with E-state index >= 15 is 0 Å². The van der Waals surface area contributed by atoms with Gasteiger partial charge in [0.2, 0.25) is 17.8 Å². The second-order valence-corrected chi connectivity index (χ2v) is 7.86. The molecule has 1 saturated carbocycles. The molecule has 4 rings (SSSR count). The van der Waals surface area contributed by atoms with Crippen molar-refractivity contribution in [3.63, 3.8) is 0 Å². The number of benzene rings is 1. The van der Waals surface area contributed by atoms with Gasteiger partial charge in [0.1, 0.15) is 0 Å². The Morgan fingerprint density at radius 2 is 2.00 bits per heavy atom. The molecule has 1 aromatic heterocycles. The number of anilines is 2. The Labute approximate surface area is 164 Å². The van der Waals surface area contributed by atoms with Crippen LogP contribution in [0.2, 0.25) is 0 Å². The highest BCUT2D eigenvalue weighted by Gasteiger charge is 2.47. The van der Waals surface area contributed by atoms with Crippen LogP contribution in [0.25, 0.3) is 0 Å². The lowest BCUT2D eigenvalue weighted by Crippen LogP contribution is -2.51. The lowest BCUT2D eigenvalue weighted by molar-refractivity contribution is -0.117. The molecular formula is C21H25N5O2. The zero-order valence-electron chi connectivity index (χ0n) is 16.3. The third kappa shape index (κ3) is 3.21. The molecule has 0 bridgehead atoms. The number of nitrogens with two attached hydrogens (primary N) is 1. The number of hydrogen-bond donors (Lipinski definition) is 2. The number of primary amides is 1. The molecule has 2 aromatic rings. The molecule has 0 spiro atoms. The van der Waals surface area contributed by atoms with Crippen LogP contribution in [-0.4, -0.2) is 27.8 Å². The van der Waals surface area contributed by atoms with Gasteiger partial charge in [-0.05, 0) is 55.5 Å². The molecule has 7 nitrogen and oxygen atoms in total. The minimum Gasteiger partial charge on any atom is -0.366 e. The average molecular weight is 379 g/mol. The Morgan fingerprint density at radius 3 is 2.61 bits per heavy atom. The predicted octanol–water partition coefficient (Wildman–Crippen LogP) is 2.82. The molecule has 28 heavy (non-hydrogen) atoms. The van der Waals surface area contributed by atoms with Crippen molar-refractivity contribution in [1.29, 1.82) is 0 Å². The Kier molecular flexibility index (Phi) is 4.53. The van der Waals surface area contributed by atoms with E-state index in [4.69, 9.17) is 5.73 Å². The number of aryl methyl sites for hydroxylation is 1. The second-order valence-electron chi connectivity index (χ2n) is 7.86. The molecule has 3 atom stereocenters. The first-order valence-corrected chi connectivity index (χ1v) is 9.66. The third-order valence-corrected chi connectivity index (χ3v) is 5.79. The topological polar surface area (TPSA) is 101 Å². The highest BCUT2D eigenvalue weighted by molar-refractivity contribution is 5.97. The number of nitrogens with zero attached hydrogens (tertiary/aromatic N) is 3. The fourth-order valence-electron chi connectivity index (χ4n) is 4.38. The zero-order chi connectivity index (χ0) is 20.0. The average Bonchev–Trinajstić information content (AvgIpc) is 3.47. The van der Waals surface area contributed by atoms with Crippen molar-refractivity contribution < 1.29 is 9.59 Å². The molecule has 3 N–H and O–H groups in total. The number of hydrogen-bond acceptors (Lipinski definition) is 5. The molecule has 146 valence electrons. The molecule has 0 unspecified atom stereocenters. The van der Waals surface area contributed by atoms with Crippen molar-refractivity contribution in [2.24, 2.45) is 17.6 Å². The number of rotatable bonds is 4. The summed E-state index contributed by atoms with van der Waals surface area (Å²) in [4.78, 5) is 35.1. The van der Waals surface area contributed by atoms with E-state index in [-0.39, 0.29) is 23.9 Å². The van der Waals surface area contributed by atoms with Gasteiger partial charge in [-0.3, -0.25) is 9.59 Å². The van der Waals surface area contributed by atoms with E-state index in [1.165, 1.54) is 0 Å². The van der Waals surface area contributed by atoms with E-state index in [9.17, 15) is 9.59 Å². The van der Waals surface area contributed by atoms with Crippen LogP contribution in [0.4, 0.5) is 11.6 Å². The largest absolute Gasteiger partial charge is 0.366 e. The summed E-state index contributed by atoms with van der Waals surface area (Å²) in [7, 11) is 0. The van der Waals surface area contributed by atoms with Gasteiger partial charge in [0.25, 0.3) is 0 Å². The van der Waals surface area contributed by atoms with Crippen LogP contribution in [0.3, 0.4) is 0 Å². The van der Waals surface area contributed by atoms with Gasteiger partial charge in [0, 0.05) is 42.0 Å². The van der Waals surface area contributed by atoms with Gasteiger partial charge < -0.3 is 16.0 Å². The van der Waals surface area contributed by atoms with E-state index < -0.39 is 5.91 Å². The van der Waals surface area contributed by atoms with Crippen molar-refractivity contribution in [1.82, 2.24) is 9.97 Å². The van der Waals surface area contributed by atoms with Gasteiger partial charge in [-0.2, -0.15) is 0 Å². The Morgan fingerprint density at radius 1 is 1.25 bits per heavy atom. The Bertz CT molecular complexity index is 940. The van der Waals surface area contributed by atoms with Gasteiger partial charge >= 0.3 is 0 Å². The molecular weight excluding hydrogens is 354 g/mol. The van der Waals surface area contributed by atoms with Crippen LogP contribution in [0.1, 0.15) is 54.3 Å². The fourth-order valence-corrected chi connectivity index (χ4v) is 4.38. The van der Waals surface area contributed by atoms with Crippen LogP contribution >= 0.6 is 0 Å². The van der Waals surface area contributed by atoms with Gasteiger partial charge in [-0.1, -0.05) is 6.92 Å². The van der Waals surface area contributed by atoms with Crippen LogP contribution in [0.5, 0.6) is 0 Å². The molecule has 7 heteroatoms. The maximum atomic E-state index is 12.6. The number of carbonyl (C=O) groups excluding carboxylic acids is 2. The summed E-state index contributed by atoms with van der Waals surface area (Å²) in [6.45, 7) is 5.67. The first kappa shape index (κ1) is 18.4. The van der Waals surface area contributed by atoms with Crippen LogP contribution < -0.4 is 16.0 Å². The highest BCUT2D eigenvalue weighted by atomic mass is 16.2. The van der Waals surface area contributed by atoms with Crippen LogP contribution in [0, 0.1) is 18.8 Å². The lowest BCUT2D eigenvalue weighted by Gasteiger charge is -2.45. The van der Waals surface area contributed by atoms with Crippen LogP contribution in [0.15, 0.2) is 30.5 Å². The molecule has 1 aliphatic heterocycles. The SMILES string of the molecule is CC(=O)N1c2ccc(C(N)=O)cc2[C@H](Nc2nccc(C)n2)[C@@H](C)[C@@H]1C1CC1. The van der Waals surface area contributed by atoms with E-state index in [1.54, 1.807) is 25.3 Å². The molecule has 1 fully saturated rings. The fraction of sp³-hybridized carbons (Fsp3) is 0.429. The number of carbonyl (C=O) groups is 2. The standard InChI is InChI=1S/C21H25N5O2/c1-11-8-9-23-21(24-11)25-18-12(2)19(14-4-5-14)26(13(3)27)17-7-6-15(20(22)28)10-16(17)18/h6-10,12,14,18-19H,4-5H2,1-3H3,(H2,22,28)(H,23,24,25)/t12-,18-,19-/m1/s1. The van der Waals surface area contributed by atoms with Crippen molar-refractivity contribution in [2.45, 2.75) is 45.7 Å². The maximum absolute atomic E-state index is 12.6. The molecule has 2 aliphatic rings. The molecule has 2 heterocycles. The second kappa shape index (κ2) is 6.89. The summed E-state index contributed by atoms with van der Waals surface area (Å²) < 4.78 is 0. The van der Waals surface area contributed by atoms with Crippen molar-refractivity contribution >= 4 is 23.5 Å². The Hall–Kier alpha value is -2.96. The van der Waals surface area contributed by atoms with Gasteiger partial charge in [-0.15, -0.1) is 0 Å². The highest BCUT2D eigenvalue weighted by Crippen LogP contribution is 2.50. The number of aromatic nitrogens is 2. The van der Waals surface area contributed by atoms with Gasteiger partial charge in [0.05, 0.1) is 6.04 Å². The van der Waals surface area contributed by atoms with Crippen molar-refractivity contribution in [3.05, 3.63) is 47.3 Å². The summed E-state index contributed by atoms with van der Waals surface area (Å²) in [6.07, 6.45) is 3.97. The maximum Gasteiger partial charge on any atom is 0.248 e. The zero-order valence-corrected chi connectivity index (χ0v) is 16.3. The number of nitrogens with one attached hydrogen (secondary N) is 1. The lowest BCUT2D eigenvalue weighted by atomic mass is 9.79.